The number of carbonyl (C=O) groups excluding carboxylic acids is 2. The van der Waals surface area contributed by atoms with Crippen molar-refractivity contribution in [1.29, 1.82) is 10.5 Å². The number of ketones is 2. The van der Waals surface area contributed by atoms with E-state index >= 15 is 0 Å². The van der Waals surface area contributed by atoms with E-state index in [0.717, 1.165) is 71.8 Å². The topological polar surface area (TPSA) is 169 Å². The Kier molecular flexibility index (Phi) is 12.8. The van der Waals surface area contributed by atoms with E-state index in [1.165, 1.54) is 12.8 Å². The van der Waals surface area contributed by atoms with Crippen molar-refractivity contribution in [1.82, 2.24) is 39.5 Å². The van der Waals surface area contributed by atoms with Gasteiger partial charge in [0.15, 0.2) is 17.1 Å². The lowest BCUT2D eigenvalue weighted by Gasteiger charge is -2.11. The van der Waals surface area contributed by atoms with Crippen molar-refractivity contribution in [3.8, 4) is 12.1 Å². The van der Waals surface area contributed by atoms with Crippen LogP contribution >= 0.6 is 34.8 Å². The minimum absolute atomic E-state index is 0.0508. The second kappa shape index (κ2) is 17.9. The maximum Gasteiger partial charge on any atom is 0.225 e. The highest BCUT2D eigenvalue weighted by Crippen LogP contribution is 2.38. The zero-order valence-electron chi connectivity index (χ0n) is 30.4. The van der Waals surface area contributed by atoms with Crippen molar-refractivity contribution in [2.75, 3.05) is 0 Å². The van der Waals surface area contributed by atoms with E-state index < -0.39 is 5.92 Å². The fourth-order valence-electron chi connectivity index (χ4n) is 6.71. The number of Topliss-reactive ketones (excluding diaryl/α,β-unsaturated/α-hetero) is 2. The Labute approximate surface area is 333 Å². The quantitative estimate of drug-likeness (QED) is 0.0788. The molecule has 0 saturated carbocycles. The van der Waals surface area contributed by atoms with Crippen LogP contribution in [0.25, 0.3) is 22.1 Å². The maximum absolute atomic E-state index is 12.8. The first-order valence-corrected chi connectivity index (χ1v) is 19.3. The predicted molar refractivity (Wildman–Crippen MR) is 210 cm³/mol. The second-order valence-corrected chi connectivity index (χ2v) is 14.5. The summed E-state index contributed by atoms with van der Waals surface area (Å²) >= 11 is 17.8. The first-order chi connectivity index (χ1) is 26.6. The minimum atomic E-state index is -0.537. The second-order valence-electron chi connectivity index (χ2n) is 13.4. The van der Waals surface area contributed by atoms with Crippen molar-refractivity contribution in [3.05, 3.63) is 104 Å². The number of aromatic nitrogens is 8. The van der Waals surface area contributed by atoms with Gasteiger partial charge in [-0.1, -0.05) is 63.3 Å². The zero-order valence-corrected chi connectivity index (χ0v) is 32.7. The predicted octanol–water partition coefficient (Wildman–Crippen LogP) is 8.35. The molecule has 0 bridgehead atoms. The highest BCUT2D eigenvalue weighted by Gasteiger charge is 2.35. The third-order valence-electron chi connectivity index (χ3n) is 9.42. The van der Waals surface area contributed by atoms with Gasteiger partial charge in [0.2, 0.25) is 10.6 Å². The molecule has 0 fully saturated rings. The molecule has 0 N–H and O–H groups in total. The standard InChI is InChI=1S/C20H18ClN5O.C10H12Cl2N4.C10H7NO/c1-2-3-4-7-26-11-15-18(23-20(21)24-19(15)25-26)17-14-8-12(10-22)5-6-13(14)9-16(17)27;1-2-3-4-5-16-6-7-8(11)13-10(12)14-9(7)15-16;11-6-7-1-2-8-4-10(12)5-9(8)3-7/h5-6,8,11,17H,2-4,7,9H2,1H3;6H,2-5H2,1H3;1-3H,4-5H2. The van der Waals surface area contributed by atoms with Gasteiger partial charge in [0.1, 0.15) is 10.9 Å². The normalized spacial score (nSPS) is 14.1. The average Bonchev–Trinajstić information content (AvgIpc) is 3.94. The zero-order chi connectivity index (χ0) is 39.1. The van der Waals surface area contributed by atoms with Crippen LogP contribution in [0.5, 0.6) is 0 Å². The van der Waals surface area contributed by atoms with Gasteiger partial charge in [-0.05, 0) is 82.6 Å². The molecule has 2 aliphatic carbocycles. The van der Waals surface area contributed by atoms with Crippen LogP contribution in [0.3, 0.4) is 0 Å². The lowest BCUT2D eigenvalue weighted by Crippen LogP contribution is -2.11. The molecule has 0 aliphatic heterocycles. The van der Waals surface area contributed by atoms with E-state index in [1.807, 2.05) is 33.9 Å². The Balaban J connectivity index is 0.000000155. The molecule has 280 valence electrons. The van der Waals surface area contributed by atoms with Gasteiger partial charge < -0.3 is 0 Å². The number of rotatable bonds is 9. The number of nitriles is 2. The van der Waals surface area contributed by atoms with Crippen molar-refractivity contribution in [2.45, 2.75) is 90.6 Å². The number of benzene rings is 2. The highest BCUT2D eigenvalue weighted by molar-refractivity contribution is 6.35. The Morgan fingerprint density at radius 3 is 1.89 bits per heavy atom. The third kappa shape index (κ3) is 9.34. The number of fused-ring (bicyclic) bond motifs is 4. The fraction of sp³-hybridized carbons (Fsp3) is 0.350. The summed E-state index contributed by atoms with van der Waals surface area (Å²) in [5.74, 6) is -0.237. The van der Waals surface area contributed by atoms with E-state index in [0.29, 0.717) is 52.5 Å². The molecular weight excluding hydrogens is 759 g/mol. The summed E-state index contributed by atoms with van der Waals surface area (Å²) in [5.41, 5.74) is 6.67. The Bertz CT molecular complexity index is 2480. The molecule has 12 nitrogen and oxygen atoms in total. The first kappa shape index (κ1) is 39.4. The van der Waals surface area contributed by atoms with Crippen molar-refractivity contribution >= 4 is 68.4 Å². The number of halogens is 3. The molecule has 2 aliphatic rings. The number of unbranched alkanes of at least 4 members (excludes halogenated alkanes) is 4. The van der Waals surface area contributed by atoms with Crippen LogP contribution in [-0.4, -0.2) is 51.1 Å². The Hall–Kier alpha value is -5.27. The van der Waals surface area contributed by atoms with Gasteiger partial charge in [0.05, 0.1) is 45.6 Å². The molecule has 15 heteroatoms. The van der Waals surface area contributed by atoms with Crippen molar-refractivity contribution < 1.29 is 9.59 Å². The van der Waals surface area contributed by atoms with E-state index in [1.54, 1.807) is 24.3 Å². The molecule has 8 rings (SSSR count). The van der Waals surface area contributed by atoms with E-state index in [-0.39, 0.29) is 22.1 Å². The number of hydrogen-bond donors (Lipinski definition) is 0. The summed E-state index contributed by atoms with van der Waals surface area (Å²) in [4.78, 5) is 40.3. The van der Waals surface area contributed by atoms with Gasteiger partial charge in [-0.3, -0.25) is 19.0 Å². The summed E-state index contributed by atoms with van der Waals surface area (Å²) in [6, 6.07) is 15.0. The molecule has 0 spiro atoms. The molecule has 4 aromatic heterocycles. The molecule has 2 aromatic carbocycles. The van der Waals surface area contributed by atoms with E-state index in [4.69, 9.17) is 40.1 Å². The third-order valence-corrected chi connectivity index (χ3v) is 10.0. The first-order valence-electron chi connectivity index (χ1n) is 18.2. The molecule has 55 heavy (non-hydrogen) atoms. The van der Waals surface area contributed by atoms with Crippen LogP contribution in [0, 0.1) is 22.7 Å². The van der Waals surface area contributed by atoms with Gasteiger partial charge in [0, 0.05) is 44.7 Å². The van der Waals surface area contributed by atoms with E-state index in [9.17, 15) is 14.9 Å². The molecule has 1 unspecified atom stereocenters. The van der Waals surface area contributed by atoms with Gasteiger partial charge in [-0.25, -0.2) is 9.97 Å². The molecule has 0 amide bonds. The summed E-state index contributed by atoms with van der Waals surface area (Å²) < 4.78 is 3.69. The Morgan fingerprint density at radius 2 is 1.25 bits per heavy atom. The van der Waals surface area contributed by atoms with Crippen molar-refractivity contribution in [3.63, 3.8) is 0 Å². The minimum Gasteiger partial charge on any atom is -0.299 e. The Morgan fingerprint density at radius 1 is 0.691 bits per heavy atom. The number of aryl methyl sites for hydroxylation is 2. The SMILES string of the molecule is CCCCCn1cc2c(C3C(=O)Cc4ccc(C#N)cc43)nc(Cl)nc2n1.CCCCCn1cc2c(Cl)nc(Cl)nc2n1.N#Cc1ccc2c(c1)CC(=O)C2. The number of nitrogens with zero attached hydrogens (tertiary/aromatic N) is 10. The highest BCUT2D eigenvalue weighted by atomic mass is 35.5. The molecule has 4 heterocycles. The van der Waals surface area contributed by atoms with Gasteiger partial charge >= 0.3 is 0 Å². The maximum atomic E-state index is 12.8. The van der Waals surface area contributed by atoms with Crippen LogP contribution in [0.15, 0.2) is 48.8 Å². The smallest absolute Gasteiger partial charge is 0.225 e. The van der Waals surface area contributed by atoms with Crippen LogP contribution in [0.2, 0.25) is 15.7 Å². The molecule has 6 aromatic rings. The van der Waals surface area contributed by atoms with Crippen LogP contribution in [-0.2, 0) is 41.9 Å². The van der Waals surface area contributed by atoms with Gasteiger partial charge in [-0.15, -0.1) is 0 Å². The molecule has 0 saturated heterocycles. The lowest BCUT2D eigenvalue weighted by molar-refractivity contribution is -0.118. The summed E-state index contributed by atoms with van der Waals surface area (Å²) in [6.07, 6.45) is 11.9. The molecular formula is C40H37Cl3N10O2. The summed E-state index contributed by atoms with van der Waals surface area (Å²) in [6.45, 7) is 5.98. The van der Waals surface area contributed by atoms with Crippen molar-refractivity contribution in [2.24, 2.45) is 0 Å². The summed E-state index contributed by atoms with van der Waals surface area (Å²) in [5, 5.41) is 28.7. The fourth-order valence-corrected chi connectivity index (χ4v) is 7.31. The summed E-state index contributed by atoms with van der Waals surface area (Å²) in [7, 11) is 0. The van der Waals surface area contributed by atoms with Gasteiger partial charge in [0.25, 0.3) is 0 Å². The monoisotopic (exact) mass is 794 g/mol. The average molecular weight is 796 g/mol. The lowest BCUT2D eigenvalue weighted by atomic mass is 9.94. The largest absolute Gasteiger partial charge is 0.299 e. The van der Waals surface area contributed by atoms with Crippen LogP contribution in [0.4, 0.5) is 0 Å². The van der Waals surface area contributed by atoms with Crippen LogP contribution in [0.1, 0.15) is 97.4 Å². The number of carbonyl (C=O) groups is 2. The van der Waals surface area contributed by atoms with Gasteiger partial charge in [-0.2, -0.15) is 30.7 Å². The van der Waals surface area contributed by atoms with Crippen LogP contribution < -0.4 is 0 Å². The molecule has 1 atom stereocenters. The number of hydrogen-bond acceptors (Lipinski definition) is 10. The van der Waals surface area contributed by atoms with E-state index in [2.05, 4.69) is 56.1 Å². The molecule has 0 radical (unpaired) electrons.